The van der Waals surface area contributed by atoms with E-state index in [1.165, 1.54) is 11.1 Å². The van der Waals surface area contributed by atoms with Crippen molar-refractivity contribution in [1.29, 1.82) is 0 Å². The molecule has 0 saturated heterocycles. The summed E-state index contributed by atoms with van der Waals surface area (Å²) >= 11 is 0. The van der Waals surface area contributed by atoms with Crippen LogP contribution in [0.3, 0.4) is 0 Å². The van der Waals surface area contributed by atoms with Gasteiger partial charge in [-0.25, -0.2) is 0 Å². The van der Waals surface area contributed by atoms with E-state index in [0.29, 0.717) is 31.0 Å². The van der Waals surface area contributed by atoms with E-state index < -0.39 is 0 Å². The molecule has 0 unspecified atom stereocenters. The second-order valence-corrected chi connectivity index (χ2v) is 6.23. The van der Waals surface area contributed by atoms with E-state index in [4.69, 9.17) is 9.47 Å². The van der Waals surface area contributed by atoms with Gasteiger partial charge in [0.15, 0.2) is 11.5 Å². The first kappa shape index (κ1) is 19.6. The van der Waals surface area contributed by atoms with Crippen LogP contribution in [-0.2, 0) is 11.2 Å². The van der Waals surface area contributed by atoms with Gasteiger partial charge < -0.3 is 20.1 Å². The number of hydrogen-bond donors (Lipinski definition) is 2. The normalized spacial score (nSPS) is 10.3. The zero-order valence-corrected chi connectivity index (χ0v) is 16.0. The van der Waals surface area contributed by atoms with Crippen LogP contribution in [0.15, 0.2) is 36.4 Å². The summed E-state index contributed by atoms with van der Waals surface area (Å²) in [7, 11) is 3.23. The molecule has 1 amide bonds. The Morgan fingerprint density at radius 3 is 2.31 bits per heavy atom. The fourth-order valence-corrected chi connectivity index (χ4v) is 2.87. The molecule has 0 aromatic heterocycles. The molecule has 0 spiro atoms. The third-order valence-corrected chi connectivity index (χ3v) is 4.32. The lowest BCUT2D eigenvalue weighted by Gasteiger charge is -2.13. The summed E-state index contributed by atoms with van der Waals surface area (Å²) < 4.78 is 10.5. The van der Waals surface area contributed by atoms with Gasteiger partial charge in [0.05, 0.1) is 14.2 Å². The maximum atomic E-state index is 12.0. The van der Waals surface area contributed by atoms with Crippen molar-refractivity contribution >= 4 is 11.6 Å². The molecule has 5 nitrogen and oxygen atoms in total. The van der Waals surface area contributed by atoms with Crippen molar-refractivity contribution in [3.63, 3.8) is 0 Å². The minimum absolute atomic E-state index is 0.0456. The summed E-state index contributed by atoms with van der Waals surface area (Å²) in [5.41, 5.74) is 4.60. The molecule has 0 aliphatic carbocycles. The molecule has 2 rings (SSSR count). The van der Waals surface area contributed by atoms with Gasteiger partial charge in [0.2, 0.25) is 5.91 Å². The van der Waals surface area contributed by atoms with E-state index in [-0.39, 0.29) is 5.91 Å². The molecule has 26 heavy (non-hydrogen) atoms. The Bertz CT molecular complexity index is 724. The monoisotopic (exact) mass is 356 g/mol. The maximum Gasteiger partial charge on any atom is 0.221 e. The van der Waals surface area contributed by atoms with Gasteiger partial charge in [0.25, 0.3) is 0 Å². The summed E-state index contributed by atoms with van der Waals surface area (Å²) in [6.45, 7) is 5.35. The van der Waals surface area contributed by atoms with Crippen LogP contribution in [0, 0.1) is 13.8 Å². The molecular weight excluding hydrogens is 328 g/mol. The molecule has 2 aromatic carbocycles. The summed E-state index contributed by atoms with van der Waals surface area (Å²) in [6, 6.07) is 12.0. The summed E-state index contributed by atoms with van der Waals surface area (Å²) in [5.74, 6) is 1.45. The summed E-state index contributed by atoms with van der Waals surface area (Å²) in [6.07, 6.45) is 1.19. The first-order chi connectivity index (χ1) is 12.5. The highest BCUT2D eigenvalue weighted by Crippen LogP contribution is 2.27. The van der Waals surface area contributed by atoms with Crippen molar-refractivity contribution in [2.45, 2.75) is 26.7 Å². The number of nitrogens with one attached hydrogen (secondary N) is 2. The van der Waals surface area contributed by atoms with Crippen molar-refractivity contribution in [3.05, 3.63) is 53.1 Å². The number of aryl methyl sites for hydroxylation is 2. The number of carbonyl (C=O) groups is 1. The van der Waals surface area contributed by atoms with Crippen LogP contribution < -0.4 is 20.1 Å². The molecule has 0 radical (unpaired) electrons. The Hall–Kier alpha value is -2.69. The highest BCUT2D eigenvalue weighted by atomic mass is 16.5. The lowest BCUT2D eigenvalue weighted by molar-refractivity contribution is -0.120. The van der Waals surface area contributed by atoms with Gasteiger partial charge in [-0.2, -0.15) is 0 Å². The van der Waals surface area contributed by atoms with Gasteiger partial charge >= 0.3 is 0 Å². The van der Waals surface area contributed by atoms with Crippen molar-refractivity contribution in [2.75, 3.05) is 32.6 Å². The lowest BCUT2D eigenvalue weighted by Crippen LogP contribution is -2.27. The first-order valence-corrected chi connectivity index (χ1v) is 8.83. The van der Waals surface area contributed by atoms with Crippen molar-refractivity contribution in [2.24, 2.45) is 0 Å². The number of hydrogen-bond acceptors (Lipinski definition) is 4. The van der Waals surface area contributed by atoms with E-state index in [9.17, 15) is 4.79 Å². The Morgan fingerprint density at radius 1 is 0.962 bits per heavy atom. The molecule has 0 heterocycles. The average Bonchev–Trinajstić information content (AvgIpc) is 2.64. The third kappa shape index (κ3) is 5.41. The SMILES string of the molecule is COc1ccc(CCNC(=O)CCNc2c(C)cccc2C)cc1OC. The number of ether oxygens (including phenoxy) is 2. The Labute approximate surface area is 155 Å². The van der Waals surface area contributed by atoms with Crippen LogP contribution in [0.4, 0.5) is 5.69 Å². The number of methoxy groups -OCH3 is 2. The van der Waals surface area contributed by atoms with E-state index in [0.717, 1.165) is 17.7 Å². The van der Waals surface area contributed by atoms with E-state index in [1.807, 2.05) is 24.3 Å². The zero-order valence-electron chi connectivity index (χ0n) is 16.0. The van der Waals surface area contributed by atoms with Crippen LogP contribution in [0.1, 0.15) is 23.1 Å². The molecule has 0 aliphatic rings. The van der Waals surface area contributed by atoms with Gasteiger partial charge in [0.1, 0.15) is 0 Å². The summed E-state index contributed by atoms with van der Waals surface area (Å²) in [4.78, 5) is 12.0. The number of rotatable bonds is 9. The molecule has 0 bridgehead atoms. The Kier molecular flexibility index (Phi) is 7.33. The number of anilines is 1. The smallest absolute Gasteiger partial charge is 0.221 e. The van der Waals surface area contributed by atoms with Gasteiger partial charge in [-0.15, -0.1) is 0 Å². The minimum Gasteiger partial charge on any atom is -0.493 e. The van der Waals surface area contributed by atoms with Gasteiger partial charge in [-0.1, -0.05) is 24.3 Å². The van der Waals surface area contributed by atoms with E-state index in [1.54, 1.807) is 14.2 Å². The van der Waals surface area contributed by atoms with Crippen molar-refractivity contribution < 1.29 is 14.3 Å². The predicted octanol–water partition coefficient (Wildman–Crippen LogP) is 3.48. The molecule has 0 atom stereocenters. The second-order valence-electron chi connectivity index (χ2n) is 6.23. The second kappa shape index (κ2) is 9.70. The zero-order chi connectivity index (χ0) is 18.9. The third-order valence-electron chi connectivity index (χ3n) is 4.32. The van der Waals surface area contributed by atoms with Crippen LogP contribution in [0.25, 0.3) is 0 Å². The van der Waals surface area contributed by atoms with E-state index >= 15 is 0 Å². The predicted molar refractivity (Wildman–Crippen MR) is 105 cm³/mol. The molecule has 2 aromatic rings. The van der Waals surface area contributed by atoms with Gasteiger partial charge in [0, 0.05) is 25.2 Å². The van der Waals surface area contributed by atoms with Gasteiger partial charge in [-0.3, -0.25) is 4.79 Å². The Morgan fingerprint density at radius 2 is 1.65 bits per heavy atom. The van der Waals surface area contributed by atoms with Crippen LogP contribution >= 0.6 is 0 Å². The number of para-hydroxylation sites is 1. The quantitative estimate of drug-likeness (QED) is 0.722. The molecule has 5 heteroatoms. The maximum absolute atomic E-state index is 12.0. The largest absolute Gasteiger partial charge is 0.493 e. The van der Waals surface area contributed by atoms with Crippen molar-refractivity contribution in [3.8, 4) is 11.5 Å². The van der Waals surface area contributed by atoms with Crippen LogP contribution in [0.5, 0.6) is 11.5 Å². The molecule has 0 saturated carbocycles. The average molecular weight is 356 g/mol. The highest BCUT2D eigenvalue weighted by molar-refractivity contribution is 5.76. The minimum atomic E-state index is 0.0456. The van der Waals surface area contributed by atoms with Crippen molar-refractivity contribution in [1.82, 2.24) is 5.32 Å². The fraction of sp³-hybridized carbons (Fsp3) is 0.381. The van der Waals surface area contributed by atoms with E-state index in [2.05, 4.69) is 36.6 Å². The first-order valence-electron chi connectivity index (χ1n) is 8.83. The molecule has 140 valence electrons. The number of benzene rings is 2. The topological polar surface area (TPSA) is 59.6 Å². The standard InChI is InChI=1S/C21H28N2O3/c1-15-6-5-7-16(2)21(15)23-13-11-20(24)22-12-10-17-8-9-18(25-3)19(14-17)26-4/h5-9,14,23H,10-13H2,1-4H3,(H,22,24). The molecule has 2 N–H and O–H groups in total. The summed E-state index contributed by atoms with van der Waals surface area (Å²) in [5, 5.41) is 6.32. The molecular formula is C21H28N2O3. The molecule has 0 aliphatic heterocycles. The fourth-order valence-electron chi connectivity index (χ4n) is 2.87. The molecule has 0 fully saturated rings. The van der Waals surface area contributed by atoms with Crippen LogP contribution in [0.2, 0.25) is 0 Å². The highest BCUT2D eigenvalue weighted by Gasteiger charge is 2.06. The number of amides is 1. The van der Waals surface area contributed by atoms with Crippen LogP contribution in [-0.4, -0.2) is 33.2 Å². The van der Waals surface area contributed by atoms with Gasteiger partial charge in [-0.05, 0) is 49.1 Å². The Balaban J connectivity index is 1.74. The lowest BCUT2D eigenvalue weighted by atomic mass is 10.1. The number of carbonyl (C=O) groups excluding carboxylic acids is 1.